The van der Waals surface area contributed by atoms with Gasteiger partial charge in [-0.25, -0.2) is 4.79 Å². The van der Waals surface area contributed by atoms with Crippen LogP contribution in [0.25, 0.3) is 0 Å². The molecule has 0 amide bonds. The molecule has 1 rings (SSSR count). The Labute approximate surface area is 102 Å². The van der Waals surface area contributed by atoms with E-state index >= 15 is 0 Å². The van der Waals surface area contributed by atoms with Gasteiger partial charge < -0.3 is 30.6 Å². The normalized spacial score (nSPS) is 14.2. The zero-order valence-corrected chi connectivity index (χ0v) is 9.53. The quantitative estimate of drug-likeness (QED) is 0.427. The number of carboxylic acid groups (broad SMARTS) is 1. The summed E-state index contributed by atoms with van der Waals surface area (Å²) in [5, 5.41) is 55.9. The number of rotatable bonds is 4. The number of aromatic carboxylic acids is 1. The van der Waals surface area contributed by atoms with Gasteiger partial charge in [-0.15, -0.1) is 0 Å². The summed E-state index contributed by atoms with van der Waals surface area (Å²) in [6.45, 7) is 1.38. The van der Waals surface area contributed by atoms with E-state index in [9.17, 15) is 25.2 Å². The highest BCUT2D eigenvalue weighted by Crippen LogP contribution is 2.43. The average molecular weight is 258 g/mol. The molecule has 0 bridgehead atoms. The lowest BCUT2D eigenvalue weighted by Crippen LogP contribution is -2.12. The third kappa shape index (κ3) is 2.63. The van der Waals surface area contributed by atoms with Crippen molar-refractivity contribution in [2.75, 3.05) is 0 Å². The number of phenols is 3. The molecule has 7 nitrogen and oxygen atoms in total. The van der Waals surface area contributed by atoms with Gasteiger partial charge in [0.15, 0.2) is 11.5 Å². The zero-order chi connectivity index (χ0) is 14.0. The van der Waals surface area contributed by atoms with Crippen LogP contribution in [0.15, 0.2) is 6.07 Å². The van der Waals surface area contributed by atoms with Gasteiger partial charge in [0.25, 0.3) is 0 Å². The number of carbonyl (C=O) groups is 1. The molecule has 7 heteroatoms. The minimum absolute atomic E-state index is 0.224. The number of carboxylic acids is 1. The maximum Gasteiger partial charge on any atom is 0.336 e. The lowest BCUT2D eigenvalue weighted by Gasteiger charge is -2.17. The van der Waals surface area contributed by atoms with Crippen LogP contribution in [0.2, 0.25) is 0 Å². The van der Waals surface area contributed by atoms with E-state index in [1.54, 1.807) is 0 Å². The van der Waals surface area contributed by atoms with Gasteiger partial charge >= 0.3 is 5.97 Å². The van der Waals surface area contributed by atoms with Crippen molar-refractivity contribution in [2.45, 2.75) is 25.6 Å². The van der Waals surface area contributed by atoms with Crippen LogP contribution in [0, 0.1) is 0 Å². The largest absolute Gasteiger partial charge is 0.504 e. The number of benzene rings is 1. The van der Waals surface area contributed by atoms with Gasteiger partial charge in [-0.05, 0) is 13.0 Å². The highest BCUT2D eigenvalue weighted by atomic mass is 16.4. The summed E-state index contributed by atoms with van der Waals surface area (Å²) in [5.41, 5.74) is -0.991. The number of aliphatic hydroxyl groups is 2. The molecule has 0 spiro atoms. The zero-order valence-electron chi connectivity index (χ0n) is 9.53. The molecule has 6 N–H and O–H groups in total. The van der Waals surface area contributed by atoms with Crippen molar-refractivity contribution in [3.8, 4) is 17.2 Å². The first-order valence-electron chi connectivity index (χ1n) is 5.12. The predicted octanol–water partition coefficient (Wildman–Crippen LogP) is 0.306. The Balaban J connectivity index is 3.39. The Bertz CT molecular complexity index is 467. The fourth-order valence-electron chi connectivity index (χ4n) is 1.61. The second-order valence-electron chi connectivity index (χ2n) is 3.96. The Morgan fingerprint density at radius 3 is 2.22 bits per heavy atom. The molecule has 0 radical (unpaired) electrons. The fraction of sp³-hybridized carbons (Fsp3) is 0.364. The number of aromatic hydroxyl groups is 3. The van der Waals surface area contributed by atoms with Crippen molar-refractivity contribution < 1.29 is 35.4 Å². The number of phenolic OH excluding ortho intramolecular Hbond substituents is 3. The first kappa shape index (κ1) is 14.1. The number of aliphatic hydroxyl groups excluding tert-OH is 2. The Morgan fingerprint density at radius 1 is 1.22 bits per heavy atom. The lowest BCUT2D eigenvalue weighted by molar-refractivity contribution is 0.0665. The molecule has 0 aliphatic rings. The third-order valence-corrected chi connectivity index (χ3v) is 2.42. The van der Waals surface area contributed by atoms with Gasteiger partial charge in [0.05, 0.1) is 17.8 Å². The summed E-state index contributed by atoms with van der Waals surface area (Å²) in [6, 6.07) is 0.720. The van der Waals surface area contributed by atoms with Crippen molar-refractivity contribution in [3.05, 3.63) is 17.2 Å². The Morgan fingerprint density at radius 2 is 1.78 bits per heavy atom. The molecular weight excluding hydrogens is 244 g/mol. The molecule has 0 saturated heterocycles. The van der Waals surface area contributed by atoms with Crippen LogP contribution in [-0.2, 0) is 0 Å². The van der Waals surface area contributed by atoms with E-state index in [1.165, 1.54) is 6.92 Å². The molecule has 2 unspecified atom stereocenters. The Kier molecular flexibility index (Phi) is 4.00. The molecule has 18 heavy (non-hydrogen) atoms. The summed E-state index contributed by atoms with van der Waals surface area (Å²) >= 11 is 0. The summed E-state index contributed by atoms with van der Waals surface area (Å²) < 4.78 is 0. The summed E-state index contributed by atoms with van der Waals surface area (Å²) in [6.07, 6.45) is -2.64. The SMILES string of the molecule is CC(O)CC(O)c1c(C(=O)O)cc(O)c(O)c1O. The van der Waals surface area contributed by atoms with Gasteiger partial charge in [0.2, 0.25) is 5.75 Å². The second-order valence-corrected chi connectivity index (χ2v) is 3.96. The van der Waals surface area contributed by atoms with E-state index in [1.807, 2.05) is 0 Å². The maximum absolute atomic E-state index is 11.0. The summed E-state index contributed by atoms with van der Waals surface area (Å²) in [4.78, 5) is 11.0. The van der Waals surface area contributed by atoms with Crippen LogP contribution >= 0.6 is 0 Å². The first-order valence-corrected chi connectivity index (χ1v) is 5.12. The Hall–Kier alpha value is -1.99. The van der Waals surface area contributed by atoms with E-state index in [2.05, 4.69) is 0 Å². The molecule has 0 heterocycles. The van der Waals surface area contributed by atoms with Crippen LogP contribution < -0.4 is 0 Å². The predicted molar refractivity (Wildman–Crippen MR) is 59.7 cm³/mol. The van der Waals surface area contributed by atoms with Gasteiger partial charge in [-0.3, -0.25) is 0 Å². The average Bonchev–Trinajstić information content (AvgIpc) is 2.23. The highest BCUT2D eigenvalue weighted by Gasteiger charge is 2.26. The standard InChI is InChI=1S/C11H14O7/c1-4(12)2-6(13)8-5(11(17)18)3-7(14)9(15)10(8)16/h3-4,6,12-16H,2H2,1H3,(H,17,18). The van der Waals surface area contributed by atoms with E-state index in [-0.39, 0.29) is 6.42 Å². The monoisotopic (exact) mass is 258 g/mol. The molecule has 0 aliphatic heterocycles. The molecule has 1 aromatic rings. The van der Waals surface area contributed by atoms with Crippen molar-refractivity contribution in [3.63, 3.8) is 0 Å². The van der Waals surface area contributed by atoms with Crippen LogP contribution in [0.5, 0.6) is 17.2 Å². The molecule has 2 atom stereocenters. The molecule has 1 aromatic carbocycles. The van der Waals surface area contributed by atoms with Crippen molar-refractivity contribution in [1.29, 1.82) is 0 Å². The molecule has 0 aliphatic carbocycles. The second kappa shape index (κ2) is 5.11. The van der Waals surface area contributed by atoms with E-state index in [0.717, 1.165) is 6.07 Å². The maximum atomic E-state index is 11.0. The lowest BCUT2D eigenvalue weighted by atomic mass is 9.96. The summed E-state index contributed by atoms with van der Waals surface area (Å²) in [7, 11) is 0. The fourth-order valence-corrected chi connectivity index (χ4v) is 1.61. The van der Waals surface area contributed by atoms with Crippen molar-refractivity contribution >= 4 is 5.97 Å². The van der Waals surface area contributed by atoms with Gasteiger partial charge in [0, 0.05) is 12.0 Å². The first-order chi connectivity index (χ1) is 8.25. The van der Waals surface area contributed by atoms with Crippen molar-refractivity contribution in [2.24, 2.45) is 0 Å². The smallest absolute Gasteiger partial charge is 0.336 e. The van der Waals surface area contributed by atoms with E-state index in [4.69, 9.17) is 10.2 Å². The molecule has 100 valence electrons. The van der Waals surface area contributed by atoms with Crippen molar-refractivity contribution in [1.82, 2.24) is 0 Å². The third-order valence-electron chi connectivity index (χ3n) is 2.42. The molecule has 0 aromatic heterocycles. The molecule has 0 fully saturated rings. The van der Waals surface area contributed by atoms with Crippen LogP contribution in [-0.4, -0.2) is 42.7 Å². The van der Waals surface area contributed by atoms with Crippen LogP contribution in [0.1, 0.15) is 35.4 Å². The minimum Gasteiger partial charge on any atom is -0.504 e. The molecular formula is C11H14O7. The topological polar surface area (TPSA) is 138 Å². The number of hydrogen-bond donors (Lipinski definition) is 6. The number of hydrogen-bond acceptors (Lipinski definition) is 6. The van der Waals surface area contributed by atoms with Gasteiger partial charge in [-0.2, -0.15) is 0 Å². The minimum atomic E-state index is -1.49. The van der Waals surface area contributed by atoms with Gasteiger partial charge in [-0.1, -0.05) is 0 Å². The van der Waals surface area contributed by atoms with Gasteiger partial charge in [0.1, 0.15) is 0 Å². The van der Waals surface area contributed by atoms with Crippen LogP contribution in [0.3, 0.4) is 0 Å². The van der Waals surface area contributed by atoms with E-state index < -0.39 is 46.6 Å². The highest BCUT2D eigenvalue weighted by molar-refractivity contribution is 5.92. The van der Waals surface area contributed by atoms with Crippen LogP contribution in [0.4, 0.5) is 0 Å². The molecule has 0 saturated carbocycles. The van der Waals surface area contributed by atoms with E-state index in [0.29, 0.717) is 0 Å². The summed E-state index contributed by atoms with van der Waals surface area (Å²) in [5.74, 6) is -4.13.